The van der Waals surface area contributed by atoms with Gasteiger partial charge in [-0.05, 0) is 67.7 Å². The lowest BCUT2D eigenvalue weighted by atomic mass is 9.81. The predicted octanol–water partition coefficient (Wildman–Crippen LogP) is 5.08. The Labute approximate surface area is 242 Å². The second-order valence-electron chi connectivity index (χ2n) is 12.1. The average molecular weight is 577 g/mol. The van der Waals surface area contributed by atoms with Gasteiger partial charge < -0.3 is 9.47 Å². The molecule has 3 aromatic rings. The van der Waals surface area contributed by atoms with Crippen LogP contribution in [-0.2, 0) is 28.0 Å². The molecule has 218 valence electrons. The van der Waals surface area contributed by atoms with Crippen LogP contribution in [0, 0.1) is 5.92 Å². The van der Waals surface area contributed by atoms with Crippen LogP contribution < -0.4 is 4.72 Å². The number of carbonyl (C=O) groups is 2. The normalized spacial score (nSPS) is 20.0. The minimum absolute atomic E-state index is 0.208. The van der Waals surface area contributed by atoms with E-state index in [2.05, 4.69) is 33.6 Å². The Morgan fingerprint density at radius 1 is 0.927 bits per heavy atom. The van der Waals surface area contributed by atoms with Gasteiger partial charge in [-0.25, -0.2) is 4.72 Å². The summed E-state index contributed by atoms with van der Waals surface area (Å²) >= 11 is 0. The van der Waals surface area contributed by atoms with Crippen LogP contribution in [0.4, 0.5) is 0 Å². The Balaban J connectivity index is 1.52. The maximum absolute atomic E-state index is 13.9. The molecule has 6 rings (SSSR count). The molecule has 1 saturated heterocycles. The zero-order valence-electron chi connectivity index (χ0n) is 24.1. The third kappa shape index (κ3) is 5.30. The van der Waals surface area contributed by atoms with E-state index in [1.807, 2.05) is 17.0 Å². The highest BCUT2D eigenvalue weighted by Crippen LogP contribution is 2.46. The van der Waals surface area contributed by atoms with E-state index >= 15 is 0 Å². The molecule has 1 unspecified atom stereocenters. The number of rotatable bonds is 5. The predicted molar refractivity (Wildman–Crippen MR) is 161 cm³/mol. The van der Waals surface area contributed by atoms with E-state index in [4.69, 9.17) is 0 Å². The van der Waals surface area contributed by atoms with Gasteiger partial charge in [0, 0.05) is 55.8 Å². The molecule has 0 radical (unpaired) electrons. The van der Waals surface area contributed by atoms with E-state index < -0.39 is 16.1 Å². The number of fused-ring (bicyclic) bond motifs is 5. The topological polar surface area (TPSA) is 91.7 Å². The molecule has 1 saturated carbocycles. The Bertz CT molecular complexity index is 1580. The first-order valence-corrected chi connectivity index (χ1v) is 16.5. The maximum atomic E-state index is 13.9. The van der Waals surface area contributed by atoms with E-state index in [1.54, 1.807) is 6.07 Å². The summed E-state index contributed by atoms with van der Waals surface area (Å²) in [7, 11) is -1.15. The van der Waals surface area contributed by atoms with Crippen molar-refractivity contribution >= 4 is 32.9 Å². The number of piperidine rings is 1. The number of nitrogens with one attached hydrogen (secondary N) is 1. The summed E-state index contributed by atoms with van der Waals surface area (Å²) < 4.78 is 30.3. The van der Waals surface area contributed by atoms with Gasteiger partial charge in [-0.15, -0.1) is 0 Å². The average Bonchev–Trinajstić information content (AvgIpc) is 3.19. The lowest BCUT2D eigenvalue weighted by Gasteiger charge is -2.30. The van der Waals surface area contributed by atoms with Gasteiger partial charge >= 0.3 is 10.2 Å². The number of hydrogen-bond acceptors (Lipinski definition) is 4. The molecular formula is C32H40N4O4S. The van der Waals surface area contributed by atoms with Crippen LogP contribution in [-0.4, -0.2) is 61.2 Å². The third-order valence-electron chi connectivity index (χ3n) is 9.24. The first-order valence-electron chi connectivity index (χ1n) is 15.0. The molecule has 3 heterocycles. The molecule has 1 atom stereocenters. The summed E-state index contributed by atoms with van der Waals surface area (Å²) in [4.78, 5) is 29.1. The number of hydrogen-bond donors (Lipinski definition) is 1. The second-order valence-corrected chi connectivity index (χ2v) is 14.0. The molecule has 1 N–H and O–H groups in total. The Morgan fingerprint density at radius 3 is 2.37 bits per heavy atom. The van der Waals surface area contributed by atoms with E-state index in [0.717, 1.165) is 59.7 Å². The number of benzene rings is 2. The fraction of sp³-hybridized carbons (Fsp3) is 0.500. The molecule has 0 bridgehead atoms. The SMILES string of the molecule is CN(C)S(=O)(=O)NC(=O)c1ccc2c(C3CCCCC3)c3n(c2c1)CC(C(=O)N1CCCCC1)Cc1ccccc1-3. The lowest BCUT2D eigenvalue weighted by Crippen LogP contribution is -2.41. The van der Waals surface area contributed by atoms with Gasteiger partial charge in [-0.2, -0.15) is 12.7 Å². The molecule has 1 aromatic heterocycles. The van der Waals surface area contributed by atoms with Crippen molar-refractivity contribution < 1.29 is 18.0 Å². The zero-order chi connectivity index (χ0) is 28.7. The van der Waals surface area contributed by atoms with E-state index in [-0.39, 0.29) is 17.4 Å². The molecular weight excluding hydrogens is 536 g/mol. The molecule has 0 spiro atoms. The summed E-state index contributed by atoms with van der Waals surface area (Å²) in [6.07, 6.45) is 9.82. The molecule has 8 nitrogen and oxygen atoms in total. The Morgan fingerprint density at radius 2 is 1.63 bits per heavy atom. The zero-order valence-corrected chi connectivity index (χ0v) is 24.9. The van der Waals surface area contributed by atoms with Crippen LogP contribution in [0.25, 0.3) is 22.2 Å². The molecule has 3 aliphatic rings. The fourth-order valence-corrected chi connectivity index (χ4v) is 7.62. The maximum Gasteiger partial charge on any atom is 0.303 e. The van der Waals surface area contributed by atoms with Crippen molar-refractivity contribution in [2.75, 3.05) is 27.2 Å². The first-order chi connectivity index (χ1) is 19.7. The number of nitrogens with zero attached hydrogens (tertiary/aromatic N) is 3. The summed E-state index contributed by atoms with van der Waals surface area (Å²) in [5, 5.41) is 1.10. The third-order valence-corrected chi connectivity index (χ3v) is 10.6. The summed E-state index contributed by atoms with van der Waals surface area (Å²) in [6.45, 7) is 2.16. The van der Waals surface area contributed by atoms with Crippen molar-refractivity contribution in [3.8, 4) is 11.3 Å². The summed E-state index contributed by atoms with van der Waals surface area (Å²) in [5.74, 6) is -0.264. The number of aromatic nitrogens is 1. The van der Waals surface area contributed by atoms with Gasteiger partial charge in [0.15, 0.2) is 0 Å². The molecule has 2 fully saturated rings. The van der Waals surface area contributed by atoms with E-state index in [0.29, 0.717) is 18.9 Å². The number of carbonyl (C=O) groups excluding carboxylic acids is 2. The van der Waals surface area contributed by atoms with E-state index in [9.17, 15) is 18.0 Å². The highest BCUT2D eigenvalue weighted by Gasteiger charge is 2.35. The fourth-order valence-electron chi connectivity index (χ4n) is 7.09. The van der Waals surface area contributed by atoms with Crippen molar-refractivity contribution in [3.05, 3.63) is 59.2 Å². The van der Waals surface area contributed by atoms with Gasteiger partial charge in [-0.3, -0.25) is 9.59 Å². The Hall–Kier alpha value is -3.17. The monoisotopic (exact) mass is 576 g/mol. The van der Waals surface area contributed by atoms with Crippen LogP contribution in [0.1, 0.15) is 78.8 Å². The van der Waals surface area contributed by atoms with Crippen molar-refractivity contribution in [2.45, 2.75) is 70.3 Å². The minimum Gasteiger partial charge on any atom is -0.342 e. The van der Waals surface area contributed by atoms with Crippen LogP contribution in [0.3, 0.4) is 0 Å². The molecule has 2 amide bonds. The van der Waals surface area contributed by atoms with Crippen molar-refractivity contribution in [2.24, 2.45) is 5.92 Å². The standard InChI is InChI=1S/C32H40N4O4S/c1-34(2)41(39,40)33-31(37)24-15-16-27-28(20-24)36-21-25(32(38)35-17-9-4-10-18-35)19-23-13-7-8-14-26(23)30(36)29(27)22-11-5-3-6-12-22/h7-8,13-16,20,22,25H,3-6,9-12,17-19,21H2,1-2H3,(H,33,37). The van der Waals surface area contributed by atoms with Gasteiger partial charge in [-0.1, -0.05) is 49.6 Å². The largest absolute Gasteiger partial charge is 0.342 e. The van der Waals surface area contributed by atoms with Crippen LogP contribution in [0.2, 0.25) is 0 Å². The lowest BCUT2D eigenvalue weighted by molar-refractivity contribution is -0.136. The number of amides is 2. The van der Waals surface area contributed by atoms with Crippen molar-refractivity contribution in [1.29, 1.82) is 0 Å². The summed E-state index contributed by atoms with van der Waals surface area (Å²) in [6, 6.07) is 14.0. The molecule has 9 heteroatoms. The van der Waals surface area contributed by atoms with Crippen LogP contribution >= 0.6 is 0 Å². The highest BCUT2D eigenvalue weighted by atomic mass is 32.2. The van der Waals surface area contributed by atoms with Gasteiger partial charge in [0.05, 0.1) is 11.6 Å². The second kappa shape index (κ2) is 11.2. The molecule has 41 heavy (non-hydrogen) atoms. The van der Waals surface area contributed by atoms with Crippen molar-refractivity contribution in [1.82, 2.24) is 18.5 Å². The van der Waals surface area contributed by atoms with Gasteiger partial charge in [0.2, 0.25) is 5.91 Å². The summed E-state index contributed by atoms with van der Waals surface area (Å²) in [5.41, 5.74) is 6.01. The molecule has 1 aliphatic carbocycles. The smallest absolute Gasteiger partial charge is 0.303 e. The van der Waals surface area contributed by atoms with Crippen LogP contribution in [0.5, 0.6) is 0 Å². The Kier molecular flexibility index (Phi) is 7.68. The minimum atomic E-state index is -3.93. The van der Waals surface area contributed by atoms with Gasteiger partial charge in [0.25, 0.3) is 5.91 Å². The number of likely N-dealkylation sites (tertiary alicyclic amines) is 1. The van der Waals surface area contributed by atoms with Crippen LogP contribution in [0.15, 0.2) is 42.5 Å². The van der Waals surface area contributed by atoms with E-state index in [1.165, 1.54) is 56.5 Å². The highest BCUT2D eigenvalue weighted by molar-refractivity contribution is 7.87. The quantitative estimate of drug-likeness (QED) is 0.459. The molecule has 2 aromatic carbocycles. The molecule has 2 aliphatic heterocycles. The van der Waals surface area contributed by atoms with Crippen molar-refractivity contribution in [3.63, 3.8) is 0 Å². The van der Waals surface area contributed by atoms with Gasteiger partial charge in [0.1, 0.15) is 0 Å². The first kappa shape index (κ1) is 28.0.